The molecule has 0 aliphatic rings. The monoisotopic (exact) mass is 830 g/mol. The normalized spacial score (nSPS) is 10.7. The Hall–Kier alpha value is -1.77. The number of aromatic carboxylic acids is 1. The third kappa shape index (κ3) is 8.99. The number of hydrogen-bond donors (Lipinski definition) is 3. The van der Waals surface area contributed by atoms with Gasteiger partial charge in [-0.15, -0.1) is 0 Å². The smallest absolute Gasteiger partial charge is 0.337 e. The van der Waals surface area contributed by atoms with Gasteiger partial charge >= 0.3 is 23.9 Å². The lowest BCUT2D eigenvalue weighted by Crippen LogP contribution is -2.59. The number of rotatable bonds is 10. The molecular weight excluding hydrogens is 809 g/mol. The van der Waals surface area contributed by atoms with E-state index in [0.29, 0.717) is 0 Å². The van der Waals surface area contributed by atoms with Gasteiger partial charge in [-0.05, 0) is 67.8 Å². The summed E-state index contributed by atoms with van der Waals surface area (Å²) in [4.78, 5) is 71.6. The number of halogens is 3. The fraction of sp³-hybridized carbons (Fsp3) is 0.400. The number of anilines is 1. The third-order valence-electron chi connectivity index (χ3n) is 4.09. The summed E-state index contributed by atoms with van der Waals surface area (Å²) in [6.45, 7) is 2.99. The number of carboxylic acids is 1. The summed E-state index contributed by atoms with van der Waals surface area (Å²) in [5, 5.41) is 14.8. The number of carboxylic acid groups (broad SMARTS) is 1. The van der Waals surface area contributed by atoms with Crippen molar-refractivity contribution in [2.75, 3.05) is 25.1 Å². The van der Waals surface area contributed by atoms with Crippen LogP contribution in [0.3, 0.4) is 0 Å². The van der Waals surface area contributed by atoms with E-state index in [9.17, 15) is 33.9 Å². The van der Waals surface area contributed by atoms with Crippen molar-refractivity contribution in [1.82, 2.24) is 5.32 Å². The number of carbonyl (C=O) groups excluding carboxylic acids is 5. The molecule has 192 valence electrons. The molecular formula is C20H21I3N2O10. The van der Waals surface area contributed by atoms with Crippen LogP contribution in [-0.2, 0) is 33.4 Å². The van der Waals surface area contributed by atoms with Crippen LogP contribution < -0.4 is 10.6 Å². The van der Waals surface area contributed by atoms with E-state index >= 15 is 0 Å². The lowest BCUT2D eigenvalue weighted by Gasteiger charge is -2.33. The minimum absolute atomic E-state index is 0.0665. The van der Waals surface area contributed by atoms with E-state index in [0.717, 1.165) is 20.8 Å². The molecule has 2 amide bonds. The largest absolute Gasteiger partial charge is 0.478 e. The Morgan fingerprint density at radius 2 is 1.14 bits per heavy atom. The summed E-state index contributed by atoms with van der Waals surface area (Å²) in [7, 11) is 0. The van der Waals surface area contributed by atoms with Gasteiger partial charge in [-0.3, -0.25) is 24.0 Å². The van der Waals surface area contributed by atoms with E-state index in [2.05, 4.69) is 10.6 Å². The van der Waals surface area contributed by atoms with Crippen molar-refractivity contribution in [3.63, 3.8) is 0 Å². The predicted molar refractivity (Wildman–Crippen MR) is 146 cm³/mol. The Morgan fingerprint density at radius 3 is 1.49 bits per heavy atom. The van der Waals surface area contributed by atoms with Crippen LogP contribution in [0.4, 0.5) is 5.69 Å². The molecule has 0 aliphatic heterocycles. The third-order valence-corrected chi connectivity index (χ3v) is 7.33. The van der Waals surface area contributed by atoms with Crippen LogP contribution in [0.1, 0.15) is 48.4 Å². The molecule has 0 saturated carbocycles. The standard InChI is InChI=1S/C20H21I3N2O10/c1-8(26)24-17-15(22)12(14(21)13(16(17)23)19(31)32)18(30)25-20(5-33-9(2)27,6-34-10(3)28)7-35-11(4)29/h5-7H2,1-4H3,(H,24,26)(H,25,30)(H,31,32). The zero-order chi connectivity index (χ0) is 27.1. The van der Waals surface area contributed by atoms with Crippen LogP contribution in [-0.4, -0.2) is 66.2 Å². The maximum absolute atomic E-state index is 13.5. The van der Waals surface area contributed by atoms with Crippen molar-refractivity contribution in [3.8, 4) is 0 Å². The summed E-state index contributed by atoms with van der Waals surface area (Å²) in [5.74, 6) is -4.81. The second-order valence-corrected chi connectivity index (χ2v) is 10.4. The predicted octanol–water partition coefficient (Wildman–Crippen LogP) is 2.31. The SMILES string of the molecule is CC(=O)Nc1c(I)c(C(=O)O)c(I)c(C(=O)NC(COC(C)=O)(COC(C)=O)COC(C)=O)c1I. The average molecular weight is 830 g/mol. The van der Waals surface area contributed by atoms with Crippen molar-refractivity contribution in [2.24, 2.45) is 0 Å². The highest BCUT2D eigenvalue weighted by Gasteiger charge is 2.39. The van der Waals surface area contributed by atoms with Crippen LogP contribution in [0.25, 0.3) is 0 Å². The van der Waals surface area contributed by atoms with Crippen molar-refractivity contribution in [1.29, 1.82) is 0 Å². The van der Waals surface area contributed by atoms with Gasteiger partial charge in [-0.25, -0.2) is 4.79 Å². The molecule has 0 heterocycles. The molecule has 1 rings (SSSR count). The van der Waals surface area contributed by atoms with E-state index in [1.54, 1.807) is 67.8 Å². The van der Waals surface area contributed by atoms with Crippen molar-refractivity contribution in [2.45, 2.75) is 33.2 Å². The molecule has 1 aromatic rings. The van der Waals surface area contributed by atoms with E-state index in [1.807, 2.05) is 0 Å². The van der Waals surface area contributed by atoms with E-state index < -0.39 is 61.1 Å². The molecule has 0 atom stereocenters. The van der Waals surface area contributed by atoms with Gasteiger partial charge in [0.05, 0.1) is 24.0 Å². The molecule has 15 heteroatoms. The van der Waals surface area contributed by atoms with E-state index in [4.69, 9.17) is 14.2 Å². The zero-order valence-corrected chi connectivity index (χ0v) is 25.3. The van der Waals surface area contributed by atoms with Crippen molar-refractivity contribution < 1.29 is 48.1 Å². The van der Waals surface area contributed by atoms with Crippen LogP contribution in [0.2, 0.25) is 0 Å². The number of carbonyl (C=O) groups is 6. The summed E-state index contributed by atoms with van der Waals surface area (Å²) < 4.78 is 15.6. The molecule has 0 aromatic heterocycles. The minimum Gasteiger partial charge on any atom is -0.478 e. The Labute approximate surface area is 241 Å². The highest BCUT2D eigenvalue weighted by atomic mass is 127. The van der Waals surface area contributed by atoms with Crippen LogP contribution in [0.15, 0.2) is 0 Å². The highest BCUT2D eigenvalue weighted by molar-refractivity contribution is 14.1. The van der Waals surface area contributed by atoms with Gasteiger partial charge in [-0.2, -0.15) is 0 Å². The lowest BCUT2D eigenvalue weighted by molar-refractivity contribution is -0.153. The van der Waals surface area contributed by atoms with Gasteiger partial charge < -0.3 is 30.0 Å². The van der Waals surface area contributed by atoms with Gasteiger partial charge in [0.15, 0.2) is 0 Å². The second kappa shape index (κ2) is 13.5. The number of nitrogens with one attached hydrogen (secondary N) is 2. The van der Waals surface area contributed by atoms with E-state index in [-0.39, 0.29) is 27.5 Å². The van der Waals surface area contributed by atoms with Gasteiger partial charge in [-0.1, -0.05) is 0 Å². The molecule has 0 fully saturated rings. The molecule has 0 saturated heterocycles. The number of hydrogen-bond acceptors (Lipinski definition) is 9. The summed E-state index contributed by atoms with van der Waals surface area (Å²) in [6, 6.07) is 0. The van der Waals surface area contributed by atoms with E-state index in [1.165, 1.54) is 6.92 Å². The zero-order valence-electron chi connectivity index (χ0n) is 18.9. The van der Waals surface area contributed by atoms with Gasteiger partial charge in [0.1, 0.15) is 25.4 Å². The Bertz CT molecular complexity index is 1030. The average Bonchev–Trinajstić information content (AvgIpc) is 2.71. The first-order valence-corrected chi connectivity index (χ1v) is 12.8. The number of ether oxygens (including phenoxy) is 3. The fourth-order valence-corrected chi connectivity index (χ4v) is 6.98. The first-order chi connectivity index (χ1) is 16.1. The number of amides is 2. The molecule has 0 unspecified atom stereocenters. The fourth-order valence-electron chi connectivity index (χ4n) is 2.59. The number of benzene rings is 1. The first kappa shape index (κ1) is 31.3. The van der Waals surface area contributed by atoms with Gasteiger partial charge in [0, 0.05) is 31.3 Å². The Kier molecular flexibility index (Phi) is 12.1. The quantitative estimate of drug-likeness (QED) is 0.181. The number of esters is 3. The second-order valence-electron chi connectivity index (χ2n) is 7.13. The molecule has 0 bridgehead atoms. The van der Waals surface area contributed by atoms with Crippen LogP contribution in [0, 0.1) is 10.7 Å². The van der Waals surface area contributed by atoms with Crippen LogP contribution in [0.5, 0.6) is 0 Å². The van der Waals surface area contributed by atoms with Crippen LogP contribution >= 0.6 is 67.8 Å². The molecule has 35 heavy (non-hydrogen) atoms. The highest BCUT2D eigenvalue weighted by Crippen LogP contribution is 2.36. The molecule has 3 N–H and O–H groups in total. The first-order valence-electron chi connectivity index (χ1n) is 9.55. The minimum atomic E-state index is -1.70. The molecule has 0 radical (unpaired) electrons. The summed E-state index contributed by atoms with van der Waals surface area (Å²) in [6.07, 6.45) is 0. The molecule has 0 aliphatic carbocycles. The van der Waals surface area contributed by atoms with Gasteiger partial charge in [0.2, 0.25) is 5.91 Å². The van der Waals surface area contributed by atoms with Gasteiger partial charge in [0.25, 0.3) is 5.91 Å². The summed E-state index contributed by atoms with van der Waals surface area (Å²) >= 11 is 5.26. The Balaban J connectivity index is 3.69. The molecule has 12 nitrogen and oxygen atoms in total. The molecule has 0 spiro atoms. The van der Waals surface area contributed by atoms with Crippen molar-refractivity contribution in [3.05, 3.63) is 21.8 Å². The maximum Gasteiger partial charge on any atom is 0.337 e. The molecule has 1 aromatic carbocycles. The summed E-state index contributed by atoms with van der Waals surface area (Å²) in [5.41, 5.74) is -1.91. The Morgan fingerprint density at radius 1 is 0.743 bits per heavy atom. The maximum atomic E-state index is 13.5. The van der Waals surface area contributed by atoms with Crippen molar-refractivity contribution >= 4 is 109 Å². The lowest BCUT2D eigenvalue weighted by atomic mass is 10.0. The topological polar surface area (TPSA) is 174 Å².